The van der Waals surface area contributed by atoms with E-state index in [1.54, 1.807) is 26.0 Å². The molecule has 2 rings (SSSR count). The summed E-state index contributed by atoms with van der Waals surface area (Å²) in [5, 5.41) is 5.83. The van der Waals surface area contributed by atoms with Gasteiger partial charge in [-0.2, -0.15) is 0 Å². The van der Waals surface area contributed by atoms with Crippen LogP contribution in [0.1, 0.15) is 46.0 Å². The zero-order valence-electron chi connectivity index (χ0n) is 13.1. The molecule has 0 atom stereocenters. The molecule has 0 bridgehead atoms. The minimum Gasteiger partial charge on any atom is -0.352 e. The van der Waals surface area contributed by atoms with Crippen LogP contribution in [0.5, 0.6) is 0 Å². The van der Waals surface area contributed by atoms with Crippen molar-refractivity contribution in [2.45, 2.75) is 52.0 Å². The lowest BCUT2D eigenvalue weighted by Crippen LogP contribution is -2.49. The van der Waals surface area contributed by atoms with Gasteiger partial charge in [0.05, 0.1) is 0 Å². The highest BCUT2D eigenvalue weighted by atomic mass is 79.9. The highest BCUT2D eigenvalue weighted by molar-refractivity contribution is 9.10. The van der Waals surface area contributed by atoms with Gasteiger partial charge in [0.15, 0.2) is 0 Å². The summed E-state index contributed by atoms with van der Waals surface area (Å²) in [6.07, 6.45) is 5.55. The van der Waals surface area contributed by atoms with E-state index in [-0.39, 0.29) is 17.9 Å². The highest BCUT2D eigenvalue weighted by Gasteiger charge is 2.37. The van der Waals surface area contributed by atoms with Gasteiger partial charge in [-0.15, -0.1) is 0 Å². The first-order valence-corrected chi connectivity index (χ1v) is 8.57. The largest absolute Gasteiger partial charge is 0.352 e. The zero-order chi connectivity index (χ0) is 16.2. The van der Waals surface area contributed by atoms with Crippen LogP contribution in [0.25, 0.3) is 0 Å². The quantitative estimate of drug-likeness (QED) is 0.794. The molecule has 0 aromatic heterocycles. The highest BCUT2D eigenvalue weighted by Crippen LogP contribution is 2.23. The monoisotopic (exact) mass is 366 g/mol. The molecule has 1 aromatic rings. The Balaban J connectivity index is 1.96. The molecule has 1 saturated carbocycles. The Morgan fingerprint density at radius 1 is 1.05 bits per heavy atom. The molecule has 5 heteroatoms. The minimum atomic E-state index is -1.09. The average molecular weight is 367 g/mol. The van der Waals surface area contributed by atoms with Crippen LogP contribution in [0, 0.1) is 5.41 Å². The number of hydrogen-bond donors (Lipinski definition) is 2. The summed E-state index contributed by atoms with van der Waals surface area (Å²) >= 11 is 3.35. The molecule has 120 valence electrons. The number of benzene rings is 1. The predicted molar refractivity (Wildman–Crippen MR) is 91.6 cm³/mol. The Kier molecular flexibility index (Phi) is 5.62. The van der Waals surface area contributed by atoms with E-state index in [9.17, 15) is 9.59 Å². The van der Waals surface area contributed by atoms with Crippen LogP contribution in [0.4, 0.5) is 5.69 Å². The third-order valence-corrected chi connectivity index (χ3v) is 4.71. The summed E-state index contributed by atoms with van der Waals surface area (Å²) in [6, 6.07) is 7.52. The molecule has 0 spiro atoms. The zero-order valence-corrected chi connectivity index (χ0v) is 14.7. The van der Waals surface area contributed by atoms with E-state index in [2.05, 4.69) is 26.6 Å². The fraction of sp³-hybridized carbons (Fsp3) is 0.529. The molecule has 1 aliphatic carbocycles. The van der Waals surface area contributed by atoms with Crippen LogP contribution in [-0.4, -0.2) is 17.9 Å². The lowest BCUT2D eigenvalue weighted by Gasteiger charge is -2.28. The number of hydrogen-bond acceptors (Lipinski definition) is 2. The maximum atomic E-state index is 12.4. The molecule has 0 aliphatic heterocycles. The summed E-state index contributed by atoms with van der Waals surface area (Å²) < 4.78 is 0.944. The predicted octanol–water partition coefficient (Wildman–Crippen LogP) is 3.86. The average Bonchev–Trinajstić information content (AvgIpc) is 2.50. The first-order chi connectivity index (χ1) is 10.4. The van der Waals surface area contributed by atoms with Crippen molar-refractivity contribution in [1.82, 2.24) is 5.32 Å². The van der Waals surface area contributed by atoms with Gasteiger partial charge in [-0.1, -0.05) is 35.2 Å². The van der Waals surface area contributed by atoms with E-state index in [1.165, 1.54) is 6.42 Å². The van der Waals surface area contributed by atoms with Gasteiger partial charge >= 0.3 is 0 Å². The fourth-order valence-corrected chi connectivity index (χ4v) is 2.80. The van der Waals surface area contributed by atoms with Crippen LogP contribution in [0.2, 0.25) is 0 Å². The summed E-state index contributed by atoms with van der Waals surface area (Å²) in [7, 11) is 0. The smallest absolute Gasteiger partial charge is 0.239 e. The van der Waals surface area contributed by atoms with Gasteiger partial charge < -0.3 is 10.6 Å². The van der Waals surface area contributed by atoms with Crippen molar-refractivity contribution in [2.75, 3.05) is 5.32 Å². The van der Waals surface area contributed by atoms with Crippen molar-refractivity contribution in [1.29, 1.82) is 0 Å². The SMILES string of the molecule is CC(C)(C(=O)Nc1ccc(Br)cc1)C(=O)NC1CCCCC1. The Bertz CT molecular complexity index is 534. The number of carbonyl (C=O) groups excluding carboxylic acids is 2. The second-order valence-corrected chi connectivity index (χ2v) is 7.31. The van der Waals surface area contributed by atoms with Crippen LogP contribution in [0.3, 0.4) is 0 Å². The van der Waals surface area contributed by atoms with Crippen LogP contribution < -0.4 is 10.6 Å². The topological polar surface area (TPSA) is 58.2 Å². The lowest BCUT2D eigenvalue weighted by atomic mass is 9.88. The molecule has 0 unspecified atom stereocenters. The standard InChI is InChI=1S/C17H23BrN2O2/c1-17(2,15(21)19-13-6-4-3-5-7-13)16(22)20-14-10-8-12(18)9-11-14/h8-11,13H,3-7H2,1-2H3,(H,19,21)(H,20,22). The van der Waals surface area contributed by atoms with Crippen LogP contribution in [-0.2, 0) is 9.59 Å². The van der Waals surface area contributed by atoms with E-state index in [1.807, 2.05) is 12.1 Å². The van der Waals surface area contributed by atoms with E-state index in [4.69, 9.17) is 0 Å². The van der Waals surface area contributed by atoms with Crippen molar-refractivity contribution < 1.29 is 9.59 Å². The Hall–Kier alpha value is -1.36. The summed E-state index contributed by atoms with van der Waals surface area (Å²) in [5.74, 6) is -0.489. The number of anilines is 1. The van der Waals surface area contributed by atoms with Gasteiger partial charge in [-0.25, -0.2) is 0 Å². The third-order valence-electron chi connectivity index (χ3n) is 4.18. The molecule has 1 aliphatic rings. The van der Waals surface area contributed by atoms with E-state index in [0.29, 0.717) is 5.69 Å². The number of nitrogens with one attached hydrogen (secondary N) is 2. The molecule has 0 heterocycles. The van der Waals surface area contributed by atoms with Gasteiger partial charge in [0.25, 0.3) is 0 Å². The first kappa shape index (κ1) is 17.0. The number of carbonyl (C=O) groups is 2. The molecular weight excluding hydrogens is 344 g/mol. The molecule has 0 radical (unpaired) electrons. The Labute approximate surface area is 140 Å². The second-order valence-electron chi connectivity index (χ2n) is 6.39. The summed E-state index contributed by atoms with van der Waals surface area (Å²) in [5.41, 5.74) is -0.406. The van der Waals surface area contributed by atoms with Crippen molar-refractivity contribution in [3.05, 3.63) is 28.7 Å². The van der Waals surface area contributed by atoms with Crippen molar-refractivity contribution in [3.8, 4) is 0 Å². The number of rotatable bonds is 4. The number of halogens is 1. The second kappa shape index (κ2) is 7.27. The lowest BCUT2D eigenvalue weighted by molar-refractivity contribution is -0.139. The normalized spacial score (nSPS) is 16.1. The van der Waals surface area contributed by atoms with Crippen molar-refractivity contribution in [2.24, 2.45) is 5.41 Å². The molecule has 1 aromatic carbocycles. The molecule has 1 fully saturated rings. The maximum Gasteiger partial charge on any atom is 0.239 e. The summed E-state index contributed by atoms with van der Waals surface area (Å²) in [6.45, 7) is 3.33. The third kappa shape index (κ3) is 4.32. The van der Waals surface area contributed by atoms with Crippen LogP contribution in [0.15, 0.2) is 28.7 Å². The molecule has 4 nitrogen and oxygen atoms in total. The van der Waals surface area contributed by atoms with Gasteiger partial charge in [0, 0.05) is 16.2 Å². The van der Waals surface area contributed by atoms with E-state index < -0.39 is 5.41 Å². The molecule has 2 amide bonds. The van der Waals surface area contributed by atoms with Gasteiger partial charge in [0.2, 0.25) is 11.8 Å². The van der Waals surface area contributed by atoms with Gasteiger partial charge in [-0.05, 0) is 51.0 Å². The van der Waals surface area contributed by atoms with Crippen molar-refractivity contribution >= 4 is 33.4 Å². The van der Waals surface area contributed by atoms with Gasteiger partial charge in [0.1, 0.15) is 5.41 Å². The number of amides is 2. The van der Waals surface area contributed by atoms with E-state index >= 15 is 0 Å². The molecule has 0 saturated heterocycles. The minimum absolute atomic E-state index is 0.200. The maximum absolute atomic E-state index is 12.4. The fourth-order valence-electron chi connectivity index (χ4n) is 2.54. The van der Waals surface area contributed by atoms with E-state index in [0.717, 1.165) is 30.2 Å². The van der Waals surface area contributed by atoms with Gasteiger partial charge in [-0.3, -0.25) is 9.59 Å². The molecular formula is C17H23BrN2O2. The molecule has 2 N–H and O–H groups in total. The molecule has 22 heavy (non-hydrogen) atoms. The first-order valence-electron chi connectivity index (χ1n) is 7.77. The summed E-state index contributed by atoms with van der Waals surface area (Å²) in [4.78, 5) is 24.9. The van der Waals surface area contributed by atoms with Crippen LogP contribution >= 0.6 is 15.9 Å². The Morgan fingerprint density at radius 2 is 1.64 bits per heavy atom. The van der Waals surface area contributed by atoms with Crippen molar-refractivity contribution in [3.63, 3.8) is 0 Å². The Morgan fingerprint density at radius 3 is 2.23 bits per heavy atom.